The highest BCUT2D eigenvalue weighted by atomic mass is 32.2. The van der Waals surface area contributed by atoms with Gasteiger partial charge in [0.05, 0.1) is 0 Å². The first-order valence-corrected chi connectivity index (χ1v) is 13.4. The zero-order valence-electron chi connectivity index (χ0n) is 20.9. The van der Waals surface area contributed by atoms with E-state index in [2.05, 4.69) is 52.9 Å². The van der Waals surface area contributed by atoms with Crippen LogP contribution in [0, 0.1) is 5.82 Å². The molecule has 3 N–H and O–H groups in total. The molecule has 0 radical (unpaired) electrons. The lowest BCUT2D eigenvalue weighted by Gasteiger charge is -2.22. The first kappa shape index (κ1) is 30.7. The monoisotopic (exact) mass is 629 g/mol. The van der Waals surface area contributed by atoms with Gasteiger partial charge in [-0.25, -0.2) is 4.39 Å². The smallest absolute Gasteiger partial charge is 0.455 e. The van der Waals surface area contributed by atoms with Gasteiger partial charge in [-0.3, -0.25) is 14.6 Å². The van der Waals surface area contributed by atoms with E-state index in [1.807, 2.05) is 0 Å². The van der Waals surface area contributed by atoms with Gasteiger partial charge in [0.1, 0.15) is 28.6 Å². The van der Waals surface area contributed by atoms with E-state index in [1.54, 1.807) is 0 Å². The Bertz CT molecular complexity index is 1460. The minimum absolute atomic E-state index is 0.0144. The summed E-state index contributed by atoms with van der Waals surface area (Å²) in [6, 6.07) is 8.22. The molecular weight excluding hydrogens is 606 g/mol. The van der Waals surface area contributed by atoms with Crippen molar-refractivity contribution in [2.24, 2.45) is 5.73 Å². The van der Waals surface area contributed by atoms with Crippen molar-refractivity contribution in [1.29, 1.82) is 0 Å². The van der Waals surface area contributed by atoms with Crippen molar-refractivity contribution in [3.05, 3.63) is 71.3 Å². The molecule has 0 atom stereocenters. The SMILES string of the molecule is NC(=O)c1cc(NC(=O)c2c(F)cc(C3CCCC3)cc2Oc2ccc(OC(F)(F)F)cc2OC(S)(S)S)ccn1. The molecule has 8 nitrogen and oxygen atoms in total. The summed E-state index contributed by atoms with van der Waals surface area (Å²) >= 11 is 12.0. The second-order valence-corrected chi connectivity index (χ2v) is 12.0. The van der Waals surface area contributed by atoms with Crippen LogP contribution in [0.4, 0.5) is 23.2 Å². The van der Waals surface area contributed by atoms with Gasteiger partial charge in [-0.2, -0.15) is 0 Å². The number of benzene rings is 2. The minimum atomic E-state index is -5.00. The largest absolute Gasteiger partial charge is 0.573 e. The fourth-order valence-electron chi connectivity index (χ4n) is 4.35. The summed E-state index contributed by atoms with van der Waals surface area (Å²) in [4.78, 5) is 28.6. The van der Waals surface area contributed by atoms with Crippen molar-refractivity contribution in [3.8, 4) is 23.0 Å². The molecule has 0 saturated heterocycles. The normalized spacial score (nSPS) is 14.0. The molecule has 0 aliphatic heterocycles. The average molecular weight is 630 g/mol. The number of hydrogen-bond donors (Lipinski definition) is 5. The molecule has 0 bridgehead atoms. The topological polar surface area (TPSA) is 113 Å². The number of nitrogens with zero attached hydrogens (tertiary/aromatic N) is 1. The maximum absolute atomic E-state index is 15.6. The number of anilines is 1. The molecule has 1 aliphatic rings. The number of hydrogen-bond acceptors (Lipinski definition) is 9. The Morgan fingerprint density at radius 2 is 1.66 bits per heavy atom. The minimum Gasteiger partial charge on any atom is -0.455 e. The number of alkyl halides is 3. The molecule has 218 valence electrons. The number of pyridine rings is 1. The van der Waals surface area contributed by atoms with Crippen LogP contribution in [-0.2, 0) is 0 Å². The van der Waals surface area contributed by atoms with Crippen LogP contribution < -0.4 is 25.3 Å². The van der Waals surface area contributed by atoms with Crippen molar-refractivity contribution in [1.82, 2.24) is 4.98 Å². The predicted molar refractivity (Wildman–Crippen MR) is 152 cm³/mol. The third kappa shape index (κ3) is 8.36. The molecule has 41 heavy (non-hydrogen) atoms. The van der Waals surface area contributed by atoms with Crippen LogP contribution in [0.25, 0.3) is 0 Å². The maximum Gasteiger partial charge on any atom is 0.573 e. The third-order valence-corrected chi connectivity index (χ3v) is 6.29. The first-order valence-electron chi connectivity index (χ1n) is 12.0. The molecular formula is C26H23F4N3O5S3. The Hall–Kier alpha value is -3.30. The molecule has 3 aromatic rings. The number of primary amides is 1. The number of halogens is 4. The Balaban J connectivity index is 1.77. The van der Waals surface area contributed by atoms with Crippen LogP contribution >= 0.6 is 37.9 Å². The van der Waals surface area contributed by atoms with Crippen molar-refractivity contribution < 1.29 is 41.4 Å². The van der Waals surface area contributed by atoms with Crippen molar-refractivity contribution in [3.63, 3.8) is 0 Å². The van der Waals surface area contributed by atoms with Gasteiger partial charge in [0.2, 0.25) is 3.60 Å². The van der Waals surface area contributed by atoms with E-state index in [-0.39, 0.29) is 34.5 Å². The maximum atomic E-state index is 15.6. The number of aromatic nitrogens is 1. The highest BCUT2D eigenvalue weighted by molar-refractivity contribution is 8.16. The number of rotatable bonds is 9. The van der Waals surface area contributed by atoms with E-state index in [0.29, 0.717) is 5.56 Å². The molecule has 1 aliphatic carbocycles. The van der Waals surface area contributed by atoms with Crippen molar-refractivity contribution in [2.45, 2.75) is 41.6 Å². The second kappa shape index (κ2) is 12.3. The Morgan fingerprint density at radius 3 is 2.29 bits per heavy atom. The van der Waals surface area contributed by atoms with E-state index >= 15 is 4.39 Å². The van der Waals surface area contributed by atoms with Gasteiger partial charge in [0.25, 0.3) is 11.8 Å². The van der Waals surface area contributed by atoms with Gasteiger partial charge >= 0.3 is 6.36 Å². The van der Waals surface area contributed by atoms with Gasteiger partial charge in [-0.15, -0.1) is 51.1 Å². The van der Waals surface area contributed by atoms with Crippen LogP contribution in [-0.4, -0.2) is 26.8 Å². The predicted octanol–water partition coefficient (Wildman–Crippen LogP) is 6.70. The lowest BCUT2D eigenvalue weighted by molar-refractivity contribution is -0.274. The van der Waals surface area contributed by atoms with Gasteiger partial charge in [0.15, 0.2) is 11.5 Å². The molecule has 2 aromatic carbocycles. The Kier molecular flexibility index (Phi) is 9.19. The Morgan fingerprint density at radius 1 is 0.951 bits per heavy atom. The summed E-state index contributed by atoms with van der Waals surface area (Å²) in [5, 5.41) is 2.48. The fraction of sp³-hybridized carbons (Fsp3) is 0.269. The molecule has 1 heterocycles. The summed E-state index contributed by atoms with van der Waals surface area (Å²) in [7, 11) is 0. The number of carbonyl (C=O) groups excluding carboxylic acids is 2. The number of ether oxygens (including phenoxy) is 3. The summed E-state index contributed by atoms with van der Waals surface area (Å²) in [6.07, 6.45) is -0.263. The molecule has 2 amide bonds. The van der Waals surface area contributed by atoms with Gasteiger partial charge < -0.3 is 25.3 Å². The summed E-state index contributed by atoms with van der Waals surface area (Å²) in [5.41, 5.74) is 5.28. The molecule has 15 heteroatoms. The molecule has 1 aromatic heterocycles. The highest BCUT2D eigenvalue weighted by Gasteiger charge is 2.32. The Labute approximate surface area is 248 Å². The van der Waals surface area contributed by atoms with Gasteiger partial charge in [-0.05, 0) is 60.7 Å². The van der Waals surface area contributed by atoms with E-state index in [0.717, 1.165) is 43.9 Å². The van der Waals surface area contributed by atoms with Crippen molar-refractivity contribution in [2.75, 3.05) is 5.32 Å². The van der Waals surface area contributed by atoms with E-state index in [1.165, 1.54) is 30.5 Å². The fourth-order valence-corrected chi connectivity index (χ4v) is 4.64. The first-order chi connectivity index (χ1) is 19.2. The molecule has 0 unspecified atom stereocenters. The number of nitrogens with two attached hydrogens (primary N) is 1. The van der Waals surface area contributed by atoms with E-state index < -0.39 is 38.9 Å². The molecule has 1 saturated carbocycles. The van der Waals surface area contributed by atoms with Gasteiger partial charge in [0, 0.05) is 18.0 Å². The van der Waals surface area contributed by atoms with Gasteiger partial charge in [-0.1, -0.05) is 12.8 Å². The van der Waals surface area contributed by atoms with Crippen LogP contribution in [0.5, 0.6) is 23.0 Å². The highest BCUT2D eigenvalue weighted by Crippen LogP contribution is 2.43. The zero-order valence-corrected chi connectivity index (χ0v) is 23.6. The van der Waals surface area contributed by atoms with Crippen molar-refractivity contribution >= 4 is 55.4 Å². The van der Waals surface area contributed by atoms with E-state index in [9.17, 15) is 22.8 Å². The lowest BCUT2D eigenvalue weighted by atomic mass is 9.95. The summed E-state index contributed by atoms with van der Waals surface area (Å²) < 4.78 is 67.6. The lowest BCUT2D eigenvalue weighted by Crippen LogP contribution is -2.18. The third-order valence-electron chi connectivity index (χ3n) is 6.02. The van der Waals surface area contributed by atoms with Crippen LogP contribution in [0.1, 0.15) is 58.0 Å². The van der Waals surface area contributed by atoms with Crippen LogP contribution in [0.3, 0.4) is 0 Å². The molecule has 1 fully saturated rings. The van der Waals surface area contributed by atoms with Crippen LogP contribution in [0.2, 0.25) is 0 Å². The number of amides is 2. The number of carbonyl (C=O) groups is 2. The zero-order chi connectivity index (χ0) is 29.9. The quantitative estimate of drug-likeness (QED) is 0.102. The van der Waals surface area contributed by atoms with E-state index in [4.69, 9.17) is 15.2 Å². The standard InChI is InChI=1S/C26H23F4N3O5S3/c27-17-9-14(13-3-1-2-4-13)10-21(22(17)24(35)33-15-7-8-32-18(11-15)23(31)34)36-19-6-5-16(37-25(28,29)30)12-20(19)38-26(39,40)41/h5-13,39-41H,1-4H2,(H2,31,34)(H,32,33,35). The molecule has 4 rings (SSSR count). The second-order valence-electron chi connectivity index (χ2n) is 9.04. The summed E-state index contributed by atoms with van der Waals surface area (Å²) in [5.74, 6) is -4.11. The number of nitrogens with one attached hydrogen (secondary N) is 1. The summed E-state index contributed by atoms with van der Waals surface area (Å²) in [6.45, 7) is 0. The molecule has 0 spiro atoms. The van der Waals surface area contributed by atoms with Crippen LogP contribution in [0.15, 0.2) is 48.7 Å². The average Bonchev–Trinajstić information content (AvgIpc) is 3.39. The number of thiol groups is 3.